The number of hydrazone groups is 1. The van der Waals surface area contributed by atoms with E-state index in [4.69, 9.17) is 4.74 Å². The molecule has 0 amide bonds. The van der Waals surface area contributed by atoms with Crippen LogP contribution in [0.15, 0.2) is 17.8 Å². The summed E-state index contributed by atoms with van der Waals surface area (Å²) in [6.07, 6.45) is 2.72. The van der Waals surface area contributed by atoms with Gasteiger partial charge in [-0.2, -0.15) is 0 Å². The predicted molar refractivity (Wildman–Crippen MR) is 74.5 cm³/mol. The molecule has 2 rings (SSSR count). The summed E-state index contributed by atoms with van der Waals surface area (Å²) in [5.41, 5.74) is 0. The van der Waals surface area contributed by atoms with Crippen LogP contribution in [-0.4, -0.2) is 72.4 Å². The highest BCUT2D eigenvalue weighted by Crippen LogP contribution is 2.17. The van der Waals surface area contributed by atoms with Crippen molar-refractivity contribution in [2.75, 3.05) is 46.7 Å². The summed E-state index contributed by atoms with van der Waals surface area (Å²) in [6, 6.07) is 0. The Morgan fingerprint density at radius 1 is 1.55 bits per heavy atom. The fourth-order valence-electron chi connectivity index (χ4n) is 2.63. The lowest BCUT2D eigenvalue weighted by Gasteiger charge is -2.42. The van der Waals surface area contributed by atoms with Crippen LogP contribution in [0, 0.1) is 16.0 Å². The van der Waals surface area contributed by atoms with E-state index in [2.05, 4.69) is 16.6 Å². The lowest BCUT2D eigenvalue weighted by molar-refractivity contribution is -0.486. The van der Waals surface area contributed by atoms with Crippen LogP contribution in [-0.2, 0) is 4.74 Å². The first-order valence-electron chi connectivity index (χ1n) is 6.70. The summed E-state index contributed by atoms with van der Waals surface area (Å²) in [7, 11) is 1.98. The van der Waals surface area contributed by atoms with E-state index < -0.39 is 5.03 Å². The molecule has 2 aliphatic rings. The number of ether oxygens (including phenoxy) is 1. The van der Waals surface area contributed by atoms with E-state index in [-0.39, 0.29) is 0 Å². The normalized spacial score (nSPS) is 26.2. The highest BCUT2D eigenvalue weighted by Gasteiger charge is 2.31. The minimum Gasteiger partial charge on any atom is -0.381 e. The molecule has 2 fully saturated rings. The van der Waals surface area contributed by atoms with Gasteiger partial charge in [-0.15, -0.1) is 6.58 Å². The van der Waals surface area contributed by atoms with Gasteiger partial charge in [-0.1, -0.05) is 6.08 Å². The van der Waals surface area contributed by atoms with Crippen LogP contribution in [0.25, 0.3) is 0 Å². The lowest BCUT2D eigenvalue weighted by atomic mass is 10.1. The highest BCUT2D eigenvalue weighted by atomic mass is 16.7. The third kappa shape index (κ3) is 3.67. The topological polar surface area (TPSA) is 74.5 Å². The van der Waals surface area contributed by atoms with Crippen molar-refractivity contribution in [1.29, 1.82) is 0 Å². The number of guanidine groups is 1. The molecule has 1 atom stereocenters. The van der Waals surface area contributed by atoms with Gasteiger partial charge in [-0.3, -0.25) is 4.90 Å². The summed E-state index contributed by atoms with van der Waals surface area (Å²) < 4.78 is 5.37. The maximum absolute atomic E-state index is 10.8. The van der Waals surface area contributed by atoms with Crippen molar-refractivity contribution in [2.45, 2.75) is 6.42 Å². The molecular formula is C12H21N5O3. The second kappa shape index (κ2) is 6.67. The van der Waals surface area contributed by atoms with Crippen LogP contribution >= 0.6 is 0 Å². The van der Waals surface area contributed by atoms with Gasteiger partial charge in [0.2, 0.25) is 0 Å². The van der Waals surface area contributed by atoms with E-state index in [0.29, 0.717) is 38.4 Å². The van der Waals surface area contributed by atoms with E-state index in [1.165, 1.54) is 0 Å². The van der Waals surface area contributed by atoms with Crippen LogP contribution in [0.4, 0.5) is 0 Å². The number of nitro groups is 1. The molecule has 0 N–H and O–H groups in total. The molecule has 112 valence electrons. The first kappa shape index (κ1) is 14.7. The molecule has 0 aromatic heterocycles. The molecule has 0 aliphatic carbocycles. The fraction of sp³-hybridized carbons (Fsp3) is 0.750. The second-order valence-electron chi connectivity index (χ2n) is 5.24. The molecule has 2 heterocycles. The molecule has 0 aromatic rings. The van der Waals surface area contributed by atoms with Gasteiger partial charge in [0, 0.05) is 25.6 Å². The van der Waals surface area contributed by atoms with Crippen molar-refractivity contribution >= 4 is 5.96 Å². The Balaban J connectivity index is 2.14. The second-order valence-corrected chi connectivity index (χ2v) is 5.24. The van der Waals surface area contributed by atoms with E-state index in [1.54, 1.807) is 6.08 Å². The third-order valence-corrected chi connectivity index (χ3v) is 3.41. The Labute approximate surface area is 118 Å². The fourth-order valence-corrected chi connectivity index (χ4v) is 2.63. The molecule has 0 radical (unpaired) electrons. The smallest absolute Gasteiger partial charge is 0.276 e. The Kier molecular flexibility index (Phi) is 4.91. The van der Waals surface area contributed by atoms with E-state index in [9.17, 15) is 10.1 Å². The summed E-state index contributed by atoms with van der Waals surface area (Å²) >= 11 is 0. The zero-order chi connectivity index (χ0) is 14.5. The standard InChI is InChI=1S/C12H21N5O3/c1-3-5-15-9-14(2)10-16(12(15)13-17(18)19)7-11-4-6-20-8-11/h3,11H,1,4-10H2,2H3. The first-order valence-corrected chi connectivity index (χ1v) is 6.70. The molecule has 0 bridgehead atoms. The molecule has 20 heavy (non-hydrogen) atoms. The van der Waals surface area contributed by atoms with Gasteiger partial charge in [0.1, 0.15) is 5.10 Å². The van der Waals surface area contributed by atoms with E-state index in [1.807, 2.05) is 16.8 Å². The zero-order valence-electron chi connectivity index (χ0n) is 11.8. The maximum atomic E-state index is 10.8. The minimum absolute atomic E-state index is 0.407. The monoisotopic (exact) mass is 283 g/mol. The minimum atomic E-state index is -0.630. The quantitative estimate of drug-likeness (QED) is 0.408. The molecule has 0 spiro atoms. The van der Waals surface area contributed by atoms with Gasteiger partial charge in [0.15, 0.2) is 5.03 Å². The van der Waals surface area contributed by atoms with Crippen molar-refractivity contribution in [1.82, 2.24) is 14.7 Å². The van der Waals surface area contributed by atoms with E-state index in [0.717, 1.165) is 19.6 Å². The van der Waals surface area contributed by atoms with Crippen LogP contribution in [0.2, 0.25) is 0 Å². The van der Waals surface area contributed by atoms with Crippen LogP contribution in [0.3, 0.4) is 0 Å². The third-order valence-electron chi connectivity index (χ3n) is 3.41. The van der Waals surface area contributed by atoms with Crippen molar-refractivity contribution in [3.63, 3.8) is 0 Å². The Bertz CT molecular complexity index is 395. The molecule has 0 aromatic carbocycles. The van der Waals surface area contributed by atoms with Crippen molar-refractivity contribution in [3.8, 4) is 0 Å². The van der Waals surface area contributed by atoms with E-state index >= 15 is 0 Å². The van der Waals surface area contributed by atoms with Gasteiger partial charge in [-0.25, -0.2) is 10.1 Å². The molecular weight excluding hydrogens is 262 g/mol. The Morgan fingerprint density at radius 3 is 2.90 bits per heavy atom. The first-order chi connectivity index (χ1) is 9.60. The summed E-state index contributed by atoms with van der Waals surface area (Å²) in [5, 5.41) is 13.7. The van der Waals surface area contributed by atoms with Gasteiger partial charge in [-0.05, 0) is 13.5 Å². The molecule has 1 unspecified atom stereocenters. The van der Waals surface area contributed by atoms with Gasteiger partial charge >= 0.3 is 0 Å². The van der Waals surface area contributed by atoms with Crippen LogP contribution in [0.1, 0.15) is 6.42 Å². The van der Waals surface area contributed by atoms with Gasteiger partial charge in [0.25, 0.3) is 5.96 Å². The SMILES string of the molecule is C=CCN1CN(C)CN(CC2CCOC2)C1=N[N+](=O)[O-]. The summed E-state index contributed by atoms with van der Waals surface area (Å²) in [4.78, 5) is 16.7. The van der Waals surface area contributed by atoms with Crippen molar-refractivity contribution in [2.24, 2.45) is 11.0 Å². The van der Waals surface area contributed by atoms with Gasteiger partial charge < -0.3 is 14.5 Å². The summed E-state index contributed by atoms with van der Waals surface area (Å²) in [6.45, 7) is 7.69. The zero-order valence-corrected chi connectivity index (χ0v) is 11.8. The molecule has 2 aliphatic heterocycles. The molecule has 0 saturated carbocycles. The molecule has 2 saturated heterocycles. The Morgan fingerprint density at radius 2 is 2.30 bits per heavy atom. The molecule has 8 nitrogen and oxygen atoms in total. The van der Waals surface area contributed by atoms with Crippen molar-refractivity contribution in [3.05, 3.63) is 22.8 Å². The average molecular weight is 283 g/mol. The average Bonchev–Trinajstić information content (AvgIpc) is 2.86. The largest absolute Gasteiger partial charge is 0.381 e. The van der Waals surface area contributed by atoms with Crippen LogP contribution in [0.5, 0.6) is 0 Å². The summed E-state index contributed by atoms with van der Waals surface area (Å²) in [5.74, 6) is 0.823. The highest BCUT2D eigenvalue weighted by molar-refractivity contribution is 5.80. The molecule has 8 heteroatoms. The van der Waals surface area contributed by atoms with Crippen LogP contribution < -0.4 is 0 Å². The maximum Gasteiger partial charge on any atom is 0.276 e. The number of nitrogens with zero attached hydrogens (tertiary/aromatic N) is 5. The predicted octanol–water partition coefficient (Wildman–Crippen LogP) is 0.221. The number of hydrogen-bond acceptors (Lipinski definition) is 4. The number of hydrogen-bond donors (Lipinski definition) is 0. The van der Waals surface area contributed by atoms with Crippen molar-refractivity contribution < 1.29 is 9.77 Å². The lowest BCUT2D eigenvalue weighted by Crippen LogP contribution is -2.58. The Hall–Kier alpha value is -1.67. The van der Waals surface area contributed by atoms with Gasteiger partial charge in [0.05, 0.1) is 19.9 Å². The number of rotatable bonds is 5.